The van der Waals surface area contributed by atoms with Crippen LogP contribution in [-0.2, 0) is 4.79 Å². The Morgan fingerprint density at radius 2 is 1.87 bits per heavy atom. The molecule has 0 saturated heterocycles. The van der Waals surface area contributed by atoms with Crippen LogP contribution in [0.1, 0.15) is 64.9 Å². The molecule has 1 amide bonds. The molecule has 2 atom stereocenters. The van der Waals surface area contributed by atoms with Crippen LogP contribution in [0, 0.1) is 22.6 Å². The van der Waals surface area contributed by atoms with E-state index in [2.05, 4.69) is 42.9 Å². The first-order valence-electron chi connectivity index (χ1n) is 11.0. The lowest BCUT2D eigenvalue weighted by Crippen LogP contribution is -2.49. The molecule has 1 aromatic rings. The summed E-state index contributed by atoms with van der Waals surface area (Å²) in [6.07, 6.45) is 8.05. The maximum absolute atomic E-state index is 14.3. The van der Waals surface area contributed by atoms with Gasteiger partial charge in [0, 0.05) is 18.7 Å². The molecule has 162 valence electrons. The molecule has 2 saturated carbocycles. The van der Waals surface area contributed by atoms with Gasteiger partial charge in [-0.15, -0.1) is 0 Å². The third-order valence-corrected chi connectivity index (χ3v) is 7.55. The number of amides is 1. The highest BCUT2D eigenvalue weighted by Gasteiger charge is 2.56. The van der Waals surface area contributed by atoms with Gasteiger partial charge in [0.1, 0.15) is 5.82 Å². The minimum absolute atomic E-state index is 0.102. The predicted molar refractivity (Wildman–Crippen MR) is 119 cm³/mol. The van der Waals surface area contributed by atoms with Crippen LogP contribution in [0.4, 0.5) is 4.39 Å². The number of hydrogen-bond acceptors (Lipinski definition) is 3. The second-order valence-electron chi connectivity index (χ2n) is 9.48. The summed E-state index contributed by atoms with van der Waals surface area (Å²) in [6, 6.07) is 6.86. The number of azo groups is 1. The van der Waals surface area contributed by atoms with Gasteiger partial charge in [-0.3, -0.25) is 4.79 Å². The number of halogens is 1. The van der Waals surface area contributed by atoms with E-state index in [1.165, 1.54) is 18.9 Å². The Morgan fingerprint density at radius 1 is 1.20 bits per heavy atom. The molecular weight excluding hydrogens is 377 g/mol. The van der Waals surface area contributed by atoms with Gasteiger partial charge in [0.2, 0.25) is 5.91 Å². The zero-order valence-electron chi connectivity index (χ0n) is 18.7. The average Bonchev–Trinajstić information content (AvgIpc) is 3.28. The van der Waals surface area contributed by atoms with Gasteiger partial charge in [0.15, 0.2) is 0 Å². The van der Waals surface area contributed by atoms with Crippen molar-refractivity contribution in [3.63, 3.8) is 0 Å². The molecule has 2 aliphatic rings. The topological polar surface area (TPSA) is 53.8 Å². The molecular formula is C25H34FN3O. The number of nitrogens with one attached hydrogen (secondary N) is 1. The number of benzene rings is 1. The monoisotopic (exact) mass is 411 g/mol. The number of carbonyl (C=O) groups excluding carboxylic acids is 1. The van der Waals surface area contributed by atoms with Crippen LogP contribution in [0.25, 0.3) is 5.70 Å². The summed E-state index contributed by atoms with van der Waals surface area (Å²) >= 11 is 0. The smallest absolute Gasteiger partial charge is 0.226 e. The van der Waals surface area contributed by atoms with Crippen molar-refractivity contribution in [3.05, 3.63) is 53.9 Å². The molecule has 1 N–H and O–H groups in total. The molecule has 0 aromatic heterocycles. The van der Waals surface area contributed by atoms with Crippen molar-refractivity contribution in [2.45, 2.75) is 65.3 Å². The number of carbonyl (C=O) groups is 1. The Bertz CT molecular complexity index is 867. The lowest BCUT2D eigenvalue weighted by atomic mass is 9.63. The van der Waals surface area contributed by atoms with Crippen molar-refractivity contribution in [2.24, 2.45) is 27.0 Å². The van der Waals surface area contributed by atoms with Crippen LogP contribution in [0.15, 0.2) is 52.7 Å². The average molecular weight is 412 g/mol. The molecule has 3 rings (SSSR count). The van der Waals surface area contributed by atoms with Crippen molar-refractivity contribution >= 4 is 11.6 Å². The molecule has 1 aromatic carbocycles. The van der Waals surface area contributed by atoms with Gasteiger partial charge in [0.05, 0.1) is 11.1 Å². The lowest BCUT2D eigenvalue weighted by molar-refractivity contribution is -0.136. The van der Waals surface area contributed by atoms with E-state index in [0.29, 0.717) is 17.3 Å². The molecule has 0 spiro atoms. The summed E-state index contributed by atoms with van der Waals surface area (Å²) < 4.78 is 14.3. The lowest BCUT2D eigenvalue weighted by Gasteiger charge is -2.41. The Hall–Kier alpha value is -2.30. The summed E-state index contributed by atoms with van der Waals surface area (Å²) in [4.78, 5) is 13.3. The SMILES string of the molecule is C=C(/C=C(\N=NC)c1ccccc1F)[C@@H]1CC[C@@](C)(C(=O)NC2CCCC2)C1(C)C. The fourth-order valence-corrected chi connectivity index (χ4v) is 5.18. The van der Waals surface area contributed by atoms with Crippen molar-refractivity contribution in [1.29, 1.82) is 0 Å². The van der Waals surface area contributed by atoms with Crippen LogP contribution < -0.4 is 5.32 Å². The summed E-state index contributed by atoms with van der Waals surface area (Å²) in [7, 11) is 1.57. The van der Waals surface area contributed by atoms with E-state index in [1.807, 2.05) is 6.08 Å². The standard InChI is InChI=1S/C25H34FN3O/c1-17(16-22(29-27-5)19-12-8-9-13-21(19)26)20-14-15-25(4,24(20,2)3)23(30)28-18-10-6-7-11-18/h8-9,12-13,16,18,20H,1,6-7,10-11,14-15H2,2-5H3,(H,28,30)/b22-16-,29-27?/t20-,25-/m0/s1. The van der Waals surface area contributed by atoms with Crippen molar-refractivity contribution in [2.75, 3.05) is 7.05 Å². The van der Waals surface area contributed by atoms with Gasteiger partial charge < -0.3 is 5.32 Å². The summed E-state index contributed by atoms with van der Waals surface area (Å²) in [5.41, 5.74) is 0.972. The number of hydrogen-bond donors (Lipinski definition) is 1. The number of rotatable bonds is 6. The Balaban J connectivity index is 1.84. The van der Waals surface area contributed by atoms with Gasteiger partial charge in [-0.25, -0.2) is 4.39 Å². The van der Waals surface area contributed by atoms with Gasteiger partial charge in [-0.05, 0) is 60.8 Å². The first-order chi connectivity index (χ1) is 14.2. The maximum atomic E-state index is 14.3. The third-order valence-electron chi connectivity index (χ3n) is 7.55. The van der Waals surface area contributed by atoms with Crippen molar-refractivity contribution < 1.29 is 9.18 Å². The Kier molecular flexibility index (Phi) is 6.59. The van der Waals surface area contributed by atoms with Gasteiger partial charge >= 0.3 is 0 Å². The van der Waals surface area contributed by atoms with E-state index in [0.717, 1.165) is 31.3 Å². The normalized spacial score (nSPS) is 27.0. The number of nitrogens with zero attached hydrogens (tertiary/aromatic N) is 2. The minimum atomic E-state index is -0.471. The highest BCUT2D eigenvalue weighted by atomic mass is 19.1. The van der Waals surface area contributed by atoms with E-state index in [1.54, 1.807) is 25.2 Å². The maximum Gasteiger partial charge on any atom is 0.226 e. The van der Waals surface area contributed by atoms with E-state index >= 15 is 0 Å². The quantitative estimate of drug-likeness (QED) is 0.433. The highest BCUT2D eigenvalue weighted by Crippen LogP contribution is 2.58. The van der Waals surface area contributed by atoms with E-state index < -0.39 is 5.41 Å². The molecule has 2 fully saturated rings. The van der Waals surface area contributed by atoms with Crippen LogP contribution >= 0.6 is 0 Å². The van der Waals surface area contributed by atoms with E-state index in [9.17, 15) is 9.18 Å². The fourth-order valence-electron chi connectivity index (χ4n) is 5.18. The second kappa shape index (κ2) is 8.83. The summed E-state index contributed by atoms with van der Waals surface area (Å²) in [5.74, 6) is -0.0812. The molecule has 0 bridgehead atoms. The van der Waals surface area contributed by atoms with Gasteiger partial charge in [-0.2, -0.15) is 10.2 Å². The van der Waals surface area contributed by atoms with Crippen molar-refractivity contribution in [3.8, 4) is 0 Å². The molecule has 0 radical (unpaired) electrons. The highest BCUT2D eigenvalue weighted by molar-refractivity contribution is 5.84. The molecule has 0 unspecified atom stereocenters. The zero-order valence-corrected chi connectivity index (χ0v) is 18.7. The molecule has 0 heterocycles. The van der Waals surface area contributed by atoms with E-state index in [-0.39, 0.29) is 23.1 Å². The first-order valence-corrected chi connectivity index (χ1v) is 11.0. The fraction of sp³-hybridized carbons (Fsp3) is 0.560. The van der Waals surface area contributed by atoms with Crippen LogP contribution in [-0.4, -0.2) is 19.0 Å². The van der Waals surface area contributed by atoms with Crippen LogP contribution in [0.2, 0.25) is 0 Å². The summed E-state index contributed by atoms with van der Waals surface area (Å²) in [5, 5.41) is 11.3. The Morgan fingerprint density at radius 3 is 2.50 bits per heavy atom. The molecule has 2 aliphatic carbocycles. The largest absolute Gasteiger partial charge is 0.353 e. The van der Waals surface area contributed by atoms with Gasteiger partial charge in [0.25, 0.3) is 0 Å². The van der Waals surface area contributed by atoms with Crippen LogP contribution in [0.5, 0.6) is 0 Å². The van der Waals surface area contributed by atoms with Crippen molar-refractivity contribution in [1.82, 2.24) is 5.32 Å². The second-order valence-corrected chi connectivity index (χ2v) is 9.48. The molecule has 0 aliphatic heterocycles. The predicted octanol–water partition coefficient (Wildman–Crippen LogP) is 6.31. The molecule has 30 heavy (non-hydrogen) atoms. The minimum Gasteiger partial charge on any atom is -0.353 e. The van der Waals surface area contributed by atoms with Crippen LogP contribution in [0.3, 0.4) is 0 Å². The van der Waals surface area contributed by atoms with E-state index in [4.69, 9.17) is 0 Å². The number of allylic oxidation sites excluding steroid dienone is 2. The van der Waals surface area contributed by atoms with Gasteiger partial charge in [-0.1, -0.05) is 52.3 Å². The zero-order chi connectivity index (χ0) is 21.9. The molecule has 5 heteroatoms. The Labute approximate surface area is 179 Å². The summed E-state index contributed by atoms with van der Waals surface area (Å²) in [6.45, 7) is 10.7. The molecule has 4 nitrogen and oxygen atoms in total. The first kappa shape index (κ1) is 22.4. The third kappa shape index (κ3) is 4.12.